The van der Waals surface area contributed by atoms with E-state index in [0.29, 0.717) is 0 Å². The molecular formula is C19H26N4O2. The molecule has 2 aliphatic rings. The van der Waals surface area contributed by atoms with E-state index in [4.69, 9.17) is 4.74 Å². The molecule has 25 heavy (non-hydrogen) atoms. The van der Waals surface area contributed by atoms with Crippen LogP contribution in [0.5, 0.6) is 0 Å². The first-order valence-corrected chi connectivity index (χ1v) is 9.05. The molecule has 0 aliphatic carbocycles. The molecule has 2 saturated heterocycles. The van der Waals surface area contributed by atoms with E-state index in [2.05, 4.69) is 43.6 Å². The predicted octanol–water partition coefficient (Wildman–Crippen LogP) is 0.809. The highest BCUT2D eigenvalue weighted by atomic mass is 16.5. The van der Waals surface area contributed by atoms with E-state index >= 15 is 0 Å². The van der Waals surface area contributed by atoms with Crippen molar-refractivity contribution in [2.45, 2.75) is 25.2 Å². The van der Waals surface area contributed by atoms with Gasteiger partial charge in [-0.2, -0.15) is 0 Å². The second kappa shape index (κ2) is 7.66. The molecule has 2 aromatic rings. The number of likely N-dealkylation sites (tertiary alicyclic amines) is 1. The van der Waals surface area contributed by atoms with Crippen molar-refractivity contribution in [3.05, 3.63) is 54.1 Å². The molecule has 1 N–H and O–H groups in total. The van der Waals surface area contributed by atoms with Crippen molar-refractivity contribution in [2.75, 3.05) is 39.4 Å². The standard InChI is InChI=1S/C19H26N4O2/c24-19-14-21(13-18(19)22-6-8-25-9-7-22)12-17-10-20-15-23(17)11-16-4-2-1-3-5-16/h1-5,10,15,18-19,24H,6-9,11-14H2. The van der Waals surface area contributed by atoms with Gasteiger partial charge in [0.25, 0.3) is 0 Å². The van der Waals surface area contributed by atoms with Crippen LogP contribution >= 0.6 is 0 Å². The maximum Gasteiger partial charge on any atom is 0.0951 e. The molecule has 0 bridgehead atoms. The van der Waals surface area contributed by atoms with Gasteiger partial charge >= 0.3 is 0 Å². The molecule has 0 radical (unpaired) electrons. The first-order chi connectivity index (χ1) is 12.3. The molecule has 1 aromatic heterocycles. The fraction of sp³-hybridized carbons (Fsp3) is 0.526. The Morgan fingerprint density at radius 2 is 1.88 bits per heavy atom. The van der Waals surface area contributed by atoms with Crippen LogP contribution in [0.1, 0.15) is 11.3 Å². The highest BCUT2D eigenvalue weighted by Gasteiger charge is 2.36. The first kappa shape index (κ1) is 16.7. The lowest BCUT2D eigenvalue weighted by Crippen LogP contribution is -2.48. The molecule has 6 heteroatoms. The van der Waals surface area contributed by atoms with Crippen LogP contribution in [0.3, 0.4) is 0 Å². The molecule has 2 unspecified atom stereocenters. The van der Waals surface area contributed by atoms with Gasteiger partial charge in [-0.15, -0.1) is 0 Å². The van der Waals surface area contributed by atoms with E-state index in [-0.39, 0.29) is 12.1 Å². The summed E-state index contributed by atoms with van der Waals surface area (Å²) in [5.74, 6) is 0. The molecule has 0 spiro atoms. The highest BCUT2D eigenvalue weighted by Crippen LogP contribution is 2.20. The van der Waals surface area contributed by atoms with Crippen LogP contribution in [0, 0.1) is 0 Å². The van der Waals surface area contributed by atoms with Gasteiger partial charge in [0.1, 0.15) is 0 Å². The Bertz CT molecular complexity index is 669. The van der Waals surface area contributed by atoms with Gasteiger partial charge in [-0.25, -0.2) is 4.98 Å². The molecule has 0 saturated carbocycles. The zero-order valence-electron chi connectivity index (χ0n) is 14.5. The summed E-state index contributed by atoms with van der Waals surface area (Å²) in [6.45, 7) is 6.66. The number of hydrogen-bond donors (Lipinski definition) is 1. The largest absolute Gasteiger partial charge is 0.390 e. The number of β-amino-alcohol motifs (C(OH)–C–C–N with tert-alkyl or cyclic N) is 1. The summed E-state index contributed by atoms with van der Waals surface area (Å²) >= 11 is 0. The predicted molar refractivity (Wildman–Crippen MR) is 95.2 cm³/mol. The van der Waals surface area contributed by atoms with Crippen LogP contribution < -0.4 is 0 Å². The molecule has 3 heterocycles. The number of imidazole rings is 1. The Balaban J connectivity index is 1.39. The number of hydrogen-bond acceptors (Lipinski definition) is 5. The molecule has 2 aliphatic heterocycles. The van der Waals surface area contributed by atoms with Gasteiger partial charge in [0, 0.05) is 51.5 Å². The molecule has 2 fully saturated rings. The summed E-state index contributed by atoms with van der Waals surface area (Å²) in [5.41, 5.74) is 2.47. The summed E-state index contributed by atoms with van der Waals surface area (Å²) in [5, 5.41) is 10.5. The van der Waals surface area contributed by atoms with Crippen LogP contribution in [-0.2, 0) is 17.8 Å². The zero-order chi connectivity index (χ0) is 17.1. The summed E-state index contributed by atoms with van der Waals surface area (Å²) < 4.78 is 7.63. The molecule has 2 atom stereocenters. The van der Waals surface area contributed by atoms with E-state index in [1.165, 1.54) is 11.3 Å². The topological polar surface area (TPSA) is 53.8 Å². The number of rotatable bonds is 5. The van der Waals surface area contributed by atoms with Crippen molar-refractivity contribution in [3.63, 3.8) is 0 Å². The lowest BCUT2D eigenvalue weighted by atomic mass is 10.2. The number of aliphatic hydroxyl groups is 1. The number of aromatic nitrogens is 2. The number of benzene rings is 1. The first-order valence-electron chi connectivity index (χ1n) is 9.05. The third-order valence-corrected chi connectivity index (χ3v) is 5.23. The van der Waals surface area contributed by atoms with Crippen molar-refractivity contribution in [3.8, 4) is 0 Å². The van der Waals surface area contributed by atoms with Gasteiger partial charge in [-0.05, 0) is 5.56 Å². The van der Waals surface area contributed by atoms with E-state index < -0.39 is 0 Å². The van der Waals surface area contributed by atoms with Gasteiger partial charge in [0.15, 0.2) is 0 Å². The fourth-order valence-corrected chi connectivity index (χ4v) is 3.88. The lowest BCUT2D eigenvalue weighted by Gasteiger charge is -2.33. The maximum absolute atomic E-state index is 10.5. The number of morpholine rings is 1. The van der Waals surface area contributed by atoms with Gasteiger partial charge in [0.2, 0.25) is 0 Å². The van der Waals surface area contributed by atoms with Gasteiger partial charge < -0.3 is 14.4 Å². The van der Waals surface area contributed by atoms with Crippen molar-refractivity contribution in [2.24, 2.45) is 0 Å². The second-order valence-electron chi connectivity index (χ2n) is 6.98. The van der Waals surface area contributed by atoms with E-state index in [9.17, 15) is 5.11 Å². The zero-order valence-corrected chi connectivity index (χ0v) is 14.5. The van der Waals surface area contributed by atoms with Crippen LogP contribution in [0.4, 0.5) is 0 Å². The van der Waals surface area contributed by atoms with E-state index in [1.807, 2.05) is 18.6 Å². The minimum atomic E-state index is -0.288. The van der Waals surface area contributed by atoms with Crippen molar-refractivity contribution in [1.82, 2.24) is 19.4 Å². The second-order valence-corrected chi connectivity index (χ2v) is 6.98. The van der Waals surface area contributed by atoms with Gasteiger partial charge in [-0.3, -0.25) is 9.80 Å². The minimum Gasteiger partial charge on any atom is -0.390 e. The van der Waals surface area contributed by atoms with E-state index in [1.54, 1.807) is 0 Å². The Kier molecular flexibility index (Phi) is 5.12. The number of nitrogens with zero attached hydrogens (tertiary/aromatic N) is 4. The molecule has 134 valence electrons. The van der Waals surface area contributed by atoms with Crippen molar-refractivity contribution >= 4 is 0 Å². The third kappa shape index (κ3) is 3.93. The van der Waals surface area contributed by atoms with Crippen LogP contribution in [-0.4, -0.2) is 76.0 Å². The molecule has 4 rings (SSSR count). The summed E-state index contributed by atoms with van der Waals surface area (Å²) in [6.07, 6.45) is 3.55. The highest BCUT2D eigenvalue weighted by molar-refractivity contribution is 5.16. The molecular weight excluding hydrogens is 316 g/mol. The Labute approximate surface area is 148 Å². The normalized spacial score (nSPS) is 25.5. The Morgan fingerprint density at radius 1 is 1.08 bits per heavy atom. The Hall–Kier alpha value is -1.73. The lowest BCUT2D eigenvalue weighted by molar-refractivity contribution is -0.00618. The molecule has 6 nitrogen and oxygen atoms in total. The maximum atomic E-state index is 10.5. The van der Waals surface area contributed by atoms with Gasteiger partial charge in [-0.1, -0.05) is 30.3 Å². The average Bonchev–Trinajstić information content (AvgIpc) is 3.23. The Morgan fingerprint density at radius 3 is 2.68 bits per heavy atom. The number of ether oxygens (including phenoxy) is 1. The average molecular weight is 342 g/mol. The smallest absolute Gasteiger partial charge is 0.0951 e. The van der Waals surface area contributed by atoms with E-state index in [0.717, 1.165) is 52.5 Å². The fourth-order valence-electron chi connectivity index (χ4n) is 3.88. The minimum absolute atomic E-state index is 0.217. The summed E-state index contributed by atoms with van der Waals surface area (Å²) in [7, 11) is 0. The third-order valence-electron chi connectivity index (χ3n) is 5.23. The molecule has 1 aromatic carbocycles. The van der Waals surface area contributed by atoms with Gasteiger partial charge in [0.05, 0.1) is 31.3 Å². The summed E-state index contributed by atoms with van der Waals surface area (Å²) in [6, 6.07) is 10.7. The number of aliphatic hydroxyl groups excluding tert-OH is 1. The van der Waals surface area contributed by atoms with Crippen molar-refractivity contribution in [1.29, 1.82) is 0 Å². The monoisotopic (exact) mass is 342 g/mol. The SMILES string of the molecule is OC1CN(Cc2cncn2Cc2ccccc2)CC1N1CCOCC1. The van der Waals surface area contributed by atoms with Crippen LogP contribution in [0.15, 0.2) is 42.9 Å². The van der Waals surface area contributed by atoms with Crippen LogP contribution in [0.2, 0.25) is 0 Å². The van der Waals surface area contributed by atoms with Crippen molar-refractivity contribution < 1.29 is 9.84 Å². The quantitative estimate of drug-likeness (QED) is 0.871. The molecule has 0 amide bonds. The van der Waals surface area contributed by atoms with Crippen LogP contribution in [0.25, 0.3) is 0 Å². The summed E-state index contributed by atoms with van der Waals surface area (Å²) in [4.78, 5) is 9.04.